The Labute approximate surface area is 201 Å². The summed E-state index contributed by atoms with van der Waals surface area (Å²) < 4.78 is 19.3. The first kappa shape index (κ1) is 26.7. The van der Waals surface area contributed by atoms with Crippen molar-refractivity contribution in [2.75, 3.05) is 26.7 Å². The van der Waals surface area contributed by atoms with Gasteiger partial charge in [0, 0.05) is 32.2 Å². The van der Waals surface area contributed by atoms with E-state index in [0.717, 1.165) is 5.56 Å². The molecular formula is C23H32FIN4O2. The lowest BCUT2D eigenvalue weighted by molar-refractivity contribution is 0.0773. The van der Waals surface area contributed by atoms with Gasteiger partial charge in [0.15, 0.2) is 17.5 Å². The maximum absolute atomic E-state index is 13.7. The van der Waals surface area contributed by atoms with Crippen LogP contribution in [0, 0.1) is 5.82 Å². The molecule has 0 saturated heterocycles. The van der Waals surface area contributed by atoms with Crippen molar-refractivity contribution in [2.24, 2.45) is 4.99 Å². The van der Waals surface area contributed by atoms with Crippen LogP contribution in [-0.4, -0.2) is 49.6 Å². The largest absolute Gasteiger partial charge is 0.486 e. The molecule has 0 bridgehead atoms. The minimum atomic E-state index is -0.380. The molecule has 2 rings (SSSR count). The van der Waals surface area contributed by atoms with Crippen LogP contribution in [-0.2, 0) is 6.54 Å². The molecule has 0 aliphatic heterocycles. The Bertz CT molecular complexity index is 842. The van der Waals surface area contributed by atoms with E-state index in [1.165, 1.54) is 6.07 Å². The molecule has 0 heterocycles. The lowest BCUT2D eigenvalue weighted by Crippen LogP contribution is -2.41. The molecule has 0 saturated carbocycles. The number of ether oxygens (including phenoxy) is 1. The van der Waals surface area contributed by atoms with E-state index in [0.29, 0.717) is 37.7 Å². The number of carbonyl (C=O) groups excluding carboxylic acids is 1. The molecule has 1 unspecified atom stereocenters. The summed E-state index contributed by atoms with van der Waals surface area (Å²) in [4.78, 5) is 18.4. The minimum absolute atomic E-state index is 0. The number of carbonyl (C=O) groups is 1. The standard InChI is InChI=1S/C23H31FN4O2.HI/c1-5-28(6-2)22(29)19-13-11-18(12-14-19)16-27-23(25-4)26-15-17(3)30-21-10-8-7-9-20(21)24;/h7-14,17H,5-6,15-16H2,1-4H3,(H2,25,26,27);1H. The second-order valence-corrected chi connectivity index (χ2v) is 6.84. The first-order valence-corrected chi connectivity index (χ1v) is 10.2. The Balaban J connectivity index is 0.00000480. The number of guanidine groups is 1. The molecule has 1 amide bonds. The number of hydrogen-bond donors (Lipinski definition) is 2. The van der Waals surface area contributed by atoms with Crippen molar-refractivity contribution >= 4 is 35.8 Å². The molecule has 0 spiro atoms. The van der Waals surface area contributed by atoms with E-state index in [2.05, 4.69) is 15.6 Å². The van der Waals surface area contributed by atoms with Gasteiger partial charge in [-0.05, 0) is 50.6 Å². The number of nitrogens with one attached hydrogen (secondary N) is 2. The fraction of sp³-hybridized carbons (Fsp3) is 0.391. The van der Waals surface area contributed by atoms with Crippen LogP contribution in [0.4, 0.5) is 4.39 Å². The quantitative estimate of drug-likeness (QED) is 0.285. The third kappa shape index (κ3) is 8.35. The fourth-order valence-corrected chi connectivity index (χ4v) is 2.90. The van der Waals surface area contributed by atoms with E-state index >= 15 is 0 Å². The summed E-state index contributed by atoms with van der Waals surface area (Å²) in [5, 5.41) is 6.39. The third-order valence-corrected chi connectivity index (χ3v) is 4.66. The molecule has 1 atom stereocenters. The van der Waals surface area contributed by atoms with Crippen molar-refractivity contribution in [1.82, 2.24) is 15.5 Å². The van der Waals surface area contributed by atoms with Crippen LogP contribution in [0.15, 0.2) is 53.5 Å². The lowest BCUT2D eigenvalue weighted by atomic mass is 10.1. The number of aliphatic imine (C=N–C) groups is 1. The Hall–Kier alpha value is -2.36. The number of rotatable bonds is 9. The van der Waals surface area contributed by atoms with Gasteiger partial charge >= 0.3 is 0 Å². The van der Waals surface area contributed by atoms with E-state index < -0.39 is 0 Å². The first-order valence-electron chi connectivity index (χ1n) is 10.2. The predicted octanol–water partition coefficient (Wildman–Crippen LogP) is 4.06. The summed E-state index contributed by atoms with van der Waals surface area (Å²) >= 11 is 0. The lowest BCUT2D eigenvalue weighted by Gasteiger charge is -2.19. The Kier molecular flexibility index (Phi) is 11.9. The number of halogens is 2. The van der Waals surface area contributed by atoms with Crippen LogP contribution < -0.4 is 15.4 Å². The zero-order valence-corrected chi connectivity index (χ0v) is 20.9. The highest BCUT2D eigenvalue weighted by Gasteiger charge is 2.12. The Morgan fingerprint density at radius 2 is 1.74 bits per heavy atom. The molecule has 31 heavy (non-hydrogen) atoms. The van der Waals surface area contributed by atoms with Crippen LogP contribution in [0.2, 0.25) is 0 Å². The van der Waals surface area contributed by atoms with Crippen molar-refractivity contribution in [3.63, 3.8) is 0 Å². The van der Waals surface area contributed by atoms with E-state index in [4.69, 9.17) is 4.74 Å². The number of nitrogens with zero attached hydrogens (tertiary/aromatic N) is 2. The average Bonchev–Trinajstić information content (AvgIpc) is 2.76. The van der Waals surface area contributed by atoms with Crippen molar-refractivity contribution in [2.45, 2.75) is 33.4 Å². The average molecular weight is 542 g/mol. The summed E-state index contributed by atoms with van der Waals surface area (Å²) in [5.74, 6) is 0.506. The maximum Gasteiger partial charge on any atom is 0.253 e. The Morgan fingerprint density at radius 1 is 1.10 bits per heavy atom. The number of benzene rings is 2. The number of para-hydroxylation sites is 1. The molecule has 2 aromatic carbocycles. The van der Waals surface area contributed by atoms with Crippen molar-refractivity contribution < 1.29 is 13.9 Å². The van der Waals surface area contributed by atoms with Gasteiger partial charge in [0.05, 0.1) is 6.54 Å². The number of amides is 1. The van der Waals surface area contributed by atoms with Gasteiger partial charge in [0.2, 0.25) is 0 Å². The smallest absolute Gasteiger partial charge is 0.253 e. The van der Waals surface area contributed by atoms with E-state index in [1.807, 2.05) is 45.0 Å². The highest BCUT2D eigenvalue weighted by molar-refractivity contribution is 14.0. The zero-order chi connectivity index (χ0) is 21.9. The van der Waals surface area contributed by atoms with Gasteiger partial charge in [-0.25, -0.2) is 4.39 Å². The van der Waals surface area contributed by atoms with E-state index in [9.17, 15) is 9.18 Å². The van der Waals surface area contributed by atoms with Crippen LogP contribution in [0.5, 0.6) is 5.75 Å². The van der Waals surface area contributed by atoms with Gasteiger partial charge in [-0.2, -0.15) is 0 Å². The monoisotopic (exact) mass is 542 g/mol. The maximum atomic E-state index is 13.7. The van der Waals surface area contributed by atoms with Crippen LogP contribution >= 0.6 is 24.0 Å². The summed E-state index contributed by atoms with van der Waals surface area (Å²) in [5.41, 5.74) is 1.72. The summed E-state index contributed by atoms with van der Waals surface area (Å²) in [6, 6.07) is 13.9. The second kappa shape index (κ2) is 13.8. The topological polar surface area (TPSA) is 66.0 Å². The van der Waals surface area contributed by atoms with Gasteiger partial charge in [-0.15, -0.1) is 24.0 Å². The SMILES string of the molecule is CCN(CC)C(=O)c1ccc(CNC(=NC)NCC(C)Oc2ccccc2F)cc1.I. The summed E-state index contributed by atoms with van der Waals surface area (Å²) in [7, 11) is 1.68. The van der Waals surface area contributed by atoms with Gasteiger partial charge in [0.1, 0.15) is 6.10 Å². The van der Waals surface area contributed by atoms with Crippen LogP contribution in [0.25, 0.3) is 0 Å². The van der Waals surface area contributed by atoms with E-state index in [-0.39, 0.29) is 47.6 Å². The molecule has 170 valence electrons. The number of hydrogen-bond acceptors (Lipinski definition) is 3. The second-order valence-electron chi connectivity index (χ2n) is 6.84. The first-order chi connectivity index (χ1) is 14.5. The molecule has 6 nitrogen and oxygen atoms in total. The van der Waals surface area contributed by atoms with Crippen LogP contribution in [0.1, 0.15) is 36.7 Å². The summed E-state index contributed by atoms with van der Waals surface area (Å²) in [6.07, 6.45) is -0.245. The molecule has 0 radical (unpaired) electrons. The molecule has 0 aliphatic rings. The zero-order valence-electron chi connectivity index (χ0n) is 18.5. The van der Waals surface area contributed by atoms with E-state index in [1.54, 1.807) is 30.1 Å². The molecule has 0 aliphatic carbocycles. The fourth-order valence-electron chi connectivity index (χ4n) is 2.90. The van der Waals surface area contributed by atoms with Gasteiger partial charge in [-0.1, -0.05) is 24.3 Å². The highest BCUT2D eigenvalue weighted by atomic mass is 127. The van der Waals surface area contributed by atoms with Gasteiger partial charge in [0.25, 0.3) is 5.91 Å². The van der Waals surface area contributed by atoms with Gasteiger partial charge < -0.3 is 20.3 Å². The molecule has 0 fully saturated rings. The highest BCUT2D eigenvalue weighted by Crippen LogP contribution is 2.16. The van der Waals surface area contributed by atoms with Crippen molar-refractivity contribution in [3.8, 4) is 5.75 Å². The molecule has 2 aromatic rings. The molecular weight excluding hydrogens is 510 g/mol. The minimum Gasteiger partial charge on any atom is -0.486 e. The van der Waals surface area contributed by atoms with Gasteiger partial charge in [-0.3, -0.25) is 9.79 Å². The molecule has 8 heteroatoms. The molecule has 2 N–H and O–H groups in total. The third-order valence-electron chi connectivity index (χ3n) is 4.66. The van der Waals surface area contributed by atoms with Crippen molar-refractivity contribution in [3.05, 3.63) is 65.5 Å². The molecule has 0 aromatic heterocycles. The Morgan fingerprint density at radius 3 is 2.32 bits per heavy atom. The summed E-state index contributed by atoms with van der Waals surface area (Å²) in [6.45, 7) is 8.21. The predicted molar refractivity (Wildman–Crippen MR) is 134 cm³/mol. The van der Waals surface area contributed by atoms with Crippen molar-refractivity contribution in [1.29, 1.82) is 0 Å². The normalized spacial score (nSPS) is 11.8. The van der Waals surface area contributed by atoms with Crippen LogP contribution in [0.3, 0.4) is 0 Å².